The SMILES string of the molecule is Cc1nnc(CN=C(NCc2cccs2)NCC2CC(=O)Nc3ccccc32)n1C. The summed E-state index contributed by atoms with van der Waals surface area (Å²) in [5, 5.41) is 20.1. The van der Waals surface area contributed by atoms with Gasteiger partial charge in [-0.25, -0.2) is 4.99 Å². The summed E-state index contributed by atoms with van der Waals surface area (Å²) in [5.41, 5.74) is 2.03. The Bertz CT molecular complexity index is 1040. The van der Waals surface area contributed by atoms with Crippen LogP contribution in [0.3, 0.4) is 0 Å². The fraction of sp³-hybridized carbons (Fsp3) is 0.333. The van der Waals surface area contributed by atoms with E-state index in [1.807, 2.05) is 42.8 Å². The van der Waals surface area contributed by atoms with Gasteiger partial charge in [0.2, 0.25) is 5.91 Å². The van der Waals surface area contributed by atoms with Gasteiger partial charge < -0.3 is 20.5 Å². The van der Waals surface area contributed by atoms with E-state index in [0.717, 1.165) is 22.9 Å². The van der Waals surface area contributed by atoms with E-state index in [0.29, 0.717) is 32.0 Å². The summed E-state index contributed by atoms with van der Waals surface area (Å²) >= 11 is 1.70. The average Bonchev–Trinajstić information content (AvgIpc) is 3.38. The molecule has 1 unspecified atom stereocenters. The van der Waals surface area contributed by atoms with Crippen LogP contribution in [0.2, 0.25) is 0 Å². The van der Waals surface area contributed by atoms with Crippen LogP contribution >= 0.6 is 11.3 Å². The Balaban J connectivity index is 1.47. The quantitative estimate of drug-likeness (QED) is 0.418. The lowest BCUT2D eigenvalue weighted by atomic mass is 9.90. The molecule has 3 N–H and O–H groups in total. The van der Waals surface area contributed by atoms with Crippen LogP contribution in [0.4, 0.5) is 5.69 Å². The Kier molecular flexibility index (Phi) is 6.08. The minimum absolute atomic E-state index is 0.0418. The largest absolute Gasteiger partial charge is 0.356 e. The number of amides is 1. The molecule has 1 aliphatic heterocycles. The summed E-state index contributed by atoms with van der Waals surface area (Å²) in [7, 11) is 1.93. The van der Waals surface area contributed by atoms with Gasteiger partial charge in [0.05, 0.1) is 6.54 Å². The summed E-state index contributed by atoms with van der Waals surface area (Å²) in [6, 6.07) is 12.1. The standard InChI is InChI=1S/C21H25N7OS/c1-14-26-27-19(28(14)2)13-24-21(23-12-16-6-5-9-30-16)22-11-15-10-20(29)25-18-8-4-3-7-17(15)18/h3-9,15H,10-13H2,1-2H3,(H,25,29)(H2,22,23,24). The van der Waals surface area contributed by atoms with Crippen LogP contribution in [0.5, 0.6) is 0 Å². The Morgan fingerprint density at radius 2 is 2.13 bits per heavy atom. The Hall–Kier alpha value is -3.20. The zero-order valence-electron chi connectivity index (χ0n) is 17.1. The van der Waals surface area contributed by atoms with Crippen molar-refractivity contribution in [1.29, 1.82) is 0 Å². The van der Waals surface area contributed by atoms with E-state index >= 15 is 0 Å². The second-order valence-corrected chi connectivity index (χ2v) is 8.27. The molecule has 8 nitrogen and oxygen atoms in total. The highest BCUT2D eigenvalue weighted by atomic mass is 32.1. The lowest BCUT2D eigenvalue weighted by molar-refractivity contribution is -0.116. The number of aliphatic imine (C=N–C) groups is 1. The molecule has 30 heavy (non-hydrogen) atoms. The number of fused-ring (bicyclic) bond motifs is 1. The van der Waals surface area contributed by atoms with Gasteiger partial charge in [-0.2, -0.15) is 0 Å². The van der Waals surface area contributed by atoms with E-state index in [1.165, 1.54) is 4.88 Å². The van der Waals surface area contributed by atoms with Gasteiger partial charge in [-0.1, -0.05) is 24.3 Å². The molecule has 3 aromatic rings. The van der Waals surface area contributed by atoms with Crippen molar-refractivity contribution in [3.8, 4) is 0 Å². The van der Waals surface area contributed by atoms with Crippen molar-refractivity contribution in [2.45, 2.75) is 32.4 Å². The number of aromatic nitrogens is 3. The summed E-state index contributed by atoms with van der Waals surface area (Å²) < 4.78 is 1.93. The minimum Gasteiger partial charge on any atom is -0.356 e. The molecule has 9 heteroatoms. The number of para-hydroxylation sites is 1. The van der Waals surface area contributed by atoms with E-state index in [-0.39, 0.29) is 11.8 Å². The van der Waals surface area contributed by atoms with Crippen molar-refractivity contribution in [1.82, 2.24) is 25.4 Å². The number of thiophene rings is 1. The molecular weight excluding hydrogens is 398 g/mol. The Labute approximate surface area is 179 Å². The second kappa shape index (κ2) is 9.08. The number of anilines is 1. The number of rotatable bonds is 6. The van der Waals surface area contributed by atoms with Gasteiger partial charge in [-0.15, -0.1) is 21.5 Å². The van der Waals surface area contributed by atoms with Gasteiger partial charge >= 0.3 is 0 Å². The third-order valence-electron chi connectivity index (χ3n) is 5.19. The van der Waals surface area contributed by atoms with Crippen LogP contribution < -0.4 is 16.0 Å². The van der Waals surface area contributed by atoms with E-state index < -0.39 is 0 Å². The maximum atomic E-state index is 12.1. The first kappa shape index (κ1) is 20.1. The van der Waals surface area contributed by atoms with Gasteiger partial charge in [0.25, 0.3) is 0 Å². The number of aryl methyl sites for hydroxylation is 1. The molecule has 0 aliphatic carbocycles. The highest BCUT2D eigenvalue weighted by Crippen LogP contribution is 2.31. The summed E-state index contributed by atoms with van der Waals surface area (Å²) in [5.74, 6) is 2.46. The van der Waals surface area contributed by atoms with Crippen molar-refractivity contribution in [3.63, 3.8) is 0 Å². The summed E-state index contributed by atoms with van der Waals surface area (Å²) in [6.07, 6.45) is 0.449. The fourth-order valence-corrected chi connectivity index (χ4v) is 4.05. The fourth-order valence-electron chi connectivity index (χ4n) is 3.40. The van der Waals surface area contributed by atoms with Crippen molar-refractivity contribution >= 4 is 28.9 Å². The number of hydrogen-bond acceptors (Lipinski definition) is 5. The van der Waals surface area contributed by atoms with Gasteiger partial charge in [0, 0.05) is 36.5 Å². The second-order valence-electron chi connectivity index (χ2n) is 7.24. The number of nitrogens with zero attached hydrogens (tertiary/aromatic N) is 4. The third-order valence-corrected chi connectivity index (χ3v) is 6.07. The zero-order valence-corrected chi connectivity index (χ0v) is 17.9. The molecule has 1 aliphatic rings. The smallest absolute Gasteiger partial charge is 0.225 e. The van der Waals surface area contributed by atoms with Gasteiger partial charge in [-0.05, 0) is 30.0 Å². The number of carbonyl (C=O) groups excluding carboxylic acids is 1. The molecule has 4 rings (SSSR count). The molecule has 1 aromatic carbocycles. The normalized spacial score (nSPS) is 16.1. The first-order chi connectivity index (χ1) is 14.6. The van der Waals surface area contributed by atoms with Gasteiger partial charge in [0.15, 0.2) is 11.8 Å². The van der Waals surface area contributed by atoms with Gasteiger partial charge in [-0.3, -0.25) is 4.79 Å². The minimum atomic E-state index is 0.0418. The molecule has 156 valence electrons. The van der Waals surface area contributed by atoms with E-state index in [4.69, 9.17) is 4.99 Å². The van der Waals surface area contributed by atoms with Crippen LogP contribution in [0.1, 0.15) is 34.4 Å². The highest BCUT2D eigenvalue weighted by molar-refractivity contribution is 7.09. The third kappa shape index (κ3) is 4.68. The van der Waals surface area contributed by atoms with Crippen LogP contribution in [-0.2, 0) is 24.9 Å². The number of hydrogen-bond donors (Lipinski definition) is 3. The molecule has 1 amide bonds. The molecule has 2 aromatic heterocycles. The molecule has 0 spiro atoms. The predicted octanol–water partition coefficient (Wildman–Crippen LogP) is 2.55. The maximum absolute atomic E-state index is 12.1. The lowest BCUT2D eigenvalue weighted by Gasteiger charge is -2.26. The molecule has 0 bridgehead atoms. The molecule has 0 fully saturated rings. The number of benzene rings is 1. The number of nitrogens with one attached hydrogen (secondary N) is 3. The Morgan fingerprint density at radius 3 is 2.90 bits per heavy atom. The number of guanidine groups is 1. The van der Waals surface area contributed by atoms with Crippen molar-refractivity contribution in [2.24, 2.45) is 12.0 Å². The van der Waals surface area contributed by atoms with Crippen molar-refractivity contribution in [2.75, 3.05) is 11.9 Å². The molecule has 0 radical (unpaired) electrons. The summed E-state index contributed by atoms with van der Waals surface area (Å²) in [4.78, 5) is 18.0. The predicted molar refractivity (Wildman–Crippen MR) is 118 cm³/mol. The van der Waals surface area contributed by atoms with Crippen molar-refractivity contribution in [3.05, 3.63) is 63.9 Å². The lowest BCUT2D eigenvalue weighted by Crippen LogP contribution is -2.40. The maximum Gasteiger partial charge on any atom is 0.225 e. The van der Waals surface area contributed by atoms with Crippen LogP contribution in [0.25, 0.3) is 0 Å². The number of carbonyl (C=O) groups is 1. The monoisotopic (exact) mass is 423 g/mol. The Morgan fingerprint density at radius 1 is 1.27 bits per heavy atom. The molecular formula is C21H25N7OS. The van der Waals surface area contributed by atoms with E-state index in [1.54, 1.807) is 11.3 Å². The topological polar surface area (TPSA) is 96.2 Å². The molecule has 0 saturated heterocycles. The van der Waals surface area contributed by atoms with Crippen molar-refractivity contribution < 1.29 is 4.79 Å². The first-order valence-electron chi connectivity index (χ1n) is 9.88. The zero-order chi connectivity index (χ0) is 20.9. The molecule has 1 atom stereocenters. The van der Waals surface area contributed by atoms with E-state index in [2.05, 4.69) is 43.7 Å². The molecule has 3 heterocycles. The average molecular weight is 424 g/mol. The van der Waals surface area contributed by atoms with Crippen LogP contribution in [0, 0.1) is 6.92 Å². The van der Waals surface area contributed by atoms with Crippen LogP contribution in [-0.4, -0.2) is 33.2 Å². The summed E-state index contributed by atoms with van der Waals surface area (Å²) in [6.45, 7) is 3.63. The van der Waals surface area contributed by atoms with Crippen LogP contribution in [0.15, 0.2) is 46.8 Å². The first-order valence-corrected chi connectivity index (χ1v) is 10.8. The van der Waals surface area contributed by atoms with Gasteiger partial charge in [0.1, 0.15) is 12.4 Å². The highest BCUT2D eigenvalue weighted by Gasteiger charge is 2.24. The molecule has 0 saturated carbocycles. The van der Waals surface area contributed by atoms with E-state index in [9.17, 15) is 4.79 Å².